The summed E-state index contributed by atoms with van der Waals surface area (Å²) in [5.74, 6) is -3.66. The number of thiol groups is 1. The van der Waals surface area contributed by atoms with Crippen molar-refractivity contribution in [1.82, 2.24) is 0 Å². The third-order valence-electron chi connectivity index (χ3n) is 4.96. The zero-order chi connectivity index (χ0) is 16.8. The molecule has 2 aliphatic carbocycles. The molecule has 0 saturated heterocycles. The predicted molar refractivity (Wildman–Crippen MR) is 81.3 cm³/mol. The van der Waals surface area contributed by atoms with E-state index < -0.39 is 35.3 Å². The molecule has 0 spiro atoms. The van der Waals surface area contributed by atoms with Crippen LogP contribution in [-0.4, -0.2) is 30.7 Å². The fourth-order valence-electron chi connectivity index (χ4n) is 3.92. The van der Waals surface area contributed by atoms with Crippen molar-refractivity contribution in [2.45, 2.75) is 61.9 Å². The number of hydrogen-bond acceptors (Lipinski definition) is 4. The highest BCUT2D eigenvalue weighted by Crippen LogP contribution is 2.48. The van der Waals surface area contributed by atoms with Gasteiger partial charge >= 0.3 is 0 Å². The summed E-state index contributed by atoms with van der Waals surface area (Å²) in [7, 11) is -2.76. The summed E-state index contributed by atoms with van der Waals surface area (Å²) in [6.45, 7) is 0. The number of benzene rings is 1. The van der Waals surface area contributed by atoms with Gasteiger partial charge in [0.05, 0.1) is 11.9 Å². The topological polar surface area (TPSA) is 74.6 Å². The van der Waals surface area contributed by atoms with E-state index in [4.69, 9.17) is 0 Å². The molecule has 0 aliphatic heterocycles. The van der Waals surface area contributed by atoms with E-state index in [1.807, 2.05) is 0 Å². The van der Waals surface area contributed by atoms with Gasteiger partial charge in [0.2, 0.25) is 0 Å². The molecule has 2 N–H and O–H groups in total. The SMILES string of the molecule is O=[SH](=O)Cc1ccc([C@H]2CCC[C@@H](O)C2)c2c1[C@H](O)C(F)(F)C2. The largest absolute Gasteiger partial charge is 0.393 e. The summed E-state index contributed by atoms with van der Waals surface area (Å²) in [4.78, 5) is 0. The lowest BCUT2D eigenvalue weighted by Gasteiger charge is -2.28. The van der Waals surface area contributed by atoms with Crippen molar-refractivity contribution >= 4 is 10.7 Å². The Hall–Kier alpha value is -1.05. The van der Waals surface area contributed by atoms with Crippen LogP contribution in [0.5, 0.6) is 0 Å². The maximum absolute atomic E-state index is 14.0. The van der Waals surface area contributed by atoms with Gasteiger partial charge in [-0.05, 0) is 47.4 Å². The number of aliphatic hydroxyl groups excluding tert-OH is 2. The zero-order valence-electron chi connectivity index (χ0n) is 12.5. The van der Waals surface area contributed by atoms with E-state index in [0.29, 0.717) is 18.4 Å². The van der Waals surface area contributed by atoms with Gasteiger partial charge in [0.1, 0.15) is 16.8 Å². The quantitative estimate of drug-likeness (QED) is 0.732. The lowest BCUT2D eigenvalue weighted by Crippen LogP contribution is -2.22. The number of alkyl halides is 2. The Morgan fingerprint density at radius 3 is 2.61 bits per heavy atom. The van der Waals surface area contributed by atoms with Crippen molar-refractivity contribution in [2.75, 3.05) is 0 Å². The fraction of sp³-hybridized carbons (Fsp3) is 0.625. The molecule has 1 fully saturated rings. The summed E-state index contributed by atoms with van der Waals surface area (Å²) in [5.41, 5.74) is 1.42. The minimum atomic E-state index is -3.28. The van der Waals surface area contributed by atoms with Crippen molar-refractivity contribution < 1.29 is 27.4 Å². The van der Waals surface area contributed by atoms with Crippen LogP contribution in [0.25, 0.3) is 0 Å². The maximum Gasteiger partial charge on any atom is 0.281 e. The molecule has 3 rings (SSSR count). The first-order chi connectivity index (χ1) is 10.8. The van der Waals surface area contributed by atoms with Crippen molar-refractivity contribution in [3.8, 4) is 0 Å². The molecular weight excluding hydrogens is 326 g/mol. The fourth-order valence-corrected chi connectivity index (χ4v) is 4.47. The molecular formula is C16H20F2O4S. The van der Waals surface area contributed by atoms with Gasteiger partial charge in [-0.3, -0.25) is 0 Å². The lowest BCUT2D eigenvalue weighted by atomic mass is 9.79. The molecule has 1 aromatic rings. The van der Waals surface area contributed by atoms with E-state index in [9.17, 15) is 27.4 Å². The molecule has 4 nitrogen and oxygen atoms in total. The summed E-state index contributed by atoms with van der Waals surface area (Å²) < 4.78 is 50.0. The second-order valence-electron chi connectivity index (χ2n) is 6.55. The Morgan fingerprint density at radius 1 is 1.22 bits per heavy atom. The number of aliphatic hydroxyl groups is 2. The molecule has 0 amide bonds. The normalized spacial score (nSPS) is 29.7. The Labute approximate surface area is 135 Å². The standard InChI is InChI=1S/C16H20F2O4S/c17-16(18)7-13-12(9-2-1-3-11(19)6-9)5-4-10(8-23(21)22)14(13)15(16)20/h4-5,9,11,15,19-20,23H,1-3,6-8H2/t9-,11+,15-/m0/s1. The van der Waals surface area contributed by atoms with Crippen LogP contribution in [0.4, 0.5) is 8.78 Å². The van der Waals surface area contributed by atoms with Gasteiger partial charge in [0, 0.05) is 6.42 Å². The molecule has 0 radical (unpaired) electrons. The minimum absolute atomic E-state index is 0.0244. The summed E-state index contributed by atoms with van der Waals surface area (Å²) in [5, 5.41) is 19.8. The van der Waals surface area contributed by atoms with Gasteiger partial charge in [-0.15, -0.1) is 0 Å². The van der Waals surface area contributed by atoms with Crippen molar-refractivity contribution in [2.24, 2.45) is 0 Å². The van der Waals surface area contributed by atoms with Crippen LogP contribution < -0.4 is 0 Å². The molecule has 0 unspecified atom stereocenters. The molecule has 2 aliphatic rings. The monoisotopic (exact) mass is 346 g/mol. The van der Waals surface area contributed by atoms with E-state index in [1.54, 1.807) is 6.07 Å². The Balaban J connectivity index is 2.07. The predicted octanol–water partition coefficient (Wildman–Crippen LogP) is 2.04. The molecule has 0 bridgehead atoms. The molecule has 0 aromatic heterocycles. The number of rotatable bonds is 3. The summed E-state index contributed by atoms with van der Waals surface area (Å²) >= 11 is 0. The molecule has 7 heteroatoms. The van der Waals surface area contributed by atoms with Crippen LogP contribution >= 0.6 is 0 Å². The van der Waals surface area contributed by atoms with Crippen LogP contribution in [0.2, 0.25) is 0 Å². The molecule has 1 aromatic carbocycles. The highest BCUT2D eigenvalue weighted by Gasteiger charge is 2.49. The highest BCUT2D eigenvalue weighted by molar-refractivity contribution is 7.71. The van der Waals surface area contributed by atoms with E-state index in [1.165, 1.54) is 6.07 Å². The molecule has 1 saturated carbocycles. The van der Waals surface area contributed by atoms with Crippen molar-refractivity contribution in [3.05, 3.63) is 34.4 Å². The number of hydrogen-bond donors (Lipinski definition) is 3. The second kappa shape index (κ2) is 6.11. The van der Waals surface area contributed by atoms with Crippen LogP contribution in [0.1, 0.15) is 60.0 Å². The van der Waals surface area contributed by atoms with E-state index >= 15 is 0 Å². The average molecular weight is 346 g/mol. The van der Waals surface area contributed by atoms with Crippen molar-refractivity contribution in [1.29, 1.82) is 0 Å². The maximum atomic E-state index is 14.0. The summed E-state index contributed by atoms with van der Waals surface area (Å²) in [6.07, 6.45) is -0.110. The van der Waals surface area contributed by atoms with Gasteiger partial charge in [-0.1, -0.05) is 18.6 Å². The van der Waals surface area contributed by atoms with Crippen molar-refractivity contribution in [3.63, 3.8) is 0 Å². The van der Waals surface area contributed by atoms with Gasteiger partial charge in [-0.2, -0.15) is 0 Å². The Kier molecular flexibility index (Phi) is 4.46. The van der Waals surface area contributed by atoms with Gasteiger partial charge in [-0.25, -0.2) is 17.2 Å². The molecule has 23 heavy (non-hydrogen) atoms. The third-order valence-corrected chi connectivity index (χ3v) is 5.55. The second-order valence-corrected chi connectivity index (χ2v) is 7.54. The lowest BCUT2D eigenvalue weighted by molar-refractivity contribution is -0.0970. The molecule has 0 heterocycles. The Morgan fingerprint density at radius 2 is 1.96 bits per heavy atom. The third kappa shape index (κ3) is 3.14. The molecule has 128 valence electrons. The minimum Gasteiger partial charge on any atom is -0.393 e. The zero-order valence-corrected chi connectivity index (χ0v) is 13.4. The number of halogens is 2. The molecule has 3 atom stereocenters. The Bertz CT molecular complexity index is 679. The smallest absolute Gasteiger partial charge is 0.281 e. The summed E-state index contributed by atoms with van der Waals surface area (Å²) in [6, 6.07) is 3.23. The van der Waals surface area contributed by atoms with E-state index in [0.717, 1.165) is 18.4 Å². The van der Waals surface area contributed by atoms with Gasteiger partial charge in [0.25, 0.3) is 5.92 Å². The van der Waals surface area contributed by atoms with Crippen LogP contribution in [0.15, 0.2) is 12.1 Å². The average Bonchev–Trinajstić information content (AvgIpc) is 2.69. The number of fused-ring (bicyclic) bond motifs is 1. The van der Waals surface area contributed by atoms with E-state index in [-0.39, 0.29) is 22.8 Å². The highest BCUT2D eigenvalue weighted by atomic mass is 32.2. The van der Waals surface area contributed by atoms with Crippen LogP contribution in [0, 0.1) is 0 Å². The first-order valence-corrected chi connectivity index (χ1v) is 9.16. The first kappa shape index (κ1) is 16.8. The van der Waals surface area contributed by atoms with Crippen LogP contribution in [-0.2, 0) is 22.9 Å². The van der Waals surface area contributed by atoms with Gasteiger partial charge in [0.15, 0.2) is 0 Å². The van der Waals surface area contributed by atoms with Crippen LogP contribution in [0.3, 0.4) is 0 Å². The van der Waals surface area contributed by atoms with E-state index in [2.05, 4.69) is 0 Å². The first-order valence-electron chi connectivity index (χ1n) is 7.80. The van der Waals surface area contributed by atoms with Gasteiger partial charge < -0.3 is 10.2 Å².